The van der Waals surface area contributed by atoms with Crippen LogP contribution in [0.1, 0.15) is 18.4 Å². The third kappa shape index (κ3) is 5.38. The molecule has 7 nitrogen and oxygen atoms in total. The molecule has 1 heterocycles. The molecule has 1 aliphatic heterocycles. The molecule has 0 atom stereocenters. The molecule has 1 amide bonds. The number of benzene rings is 1. The first-order valence-corrected chi connectivity index (χ1v) is 8.97. The van der Waals surface area contributed by atoms with Gasteiger partial charge in [-0.15, -0.1) is 0 Å². The van der Waals surface area contributed by atoms with Gasteiger partial charge in [-0.05, 0) is 36.3 Å². The van der Waals surface area contributed by atoms with Crippen LogP contribution in [0.4, 0.5) is 5.69 Å². The Morgan fingerprint density at radius 3 is 2.62 bits per heavy atom. The molecular weight excluding hydrogens is 400 g/mol. The average molecular weight is 413 g/mol. The van der Waals surface area contributed by atoms with Crippen molar-refractivity contribution in [2.75, 3.05) is 6.54 Å². The lowest BCUT2D eigenvalue weighted by Gasteiger charge is -2.13. The second kappa shape index (κ2) is 8.93. The van der Waals surface area contributed by atoms with Crippen LogP contribution in [-0.4, -0.2) is 37.7 Å². The highest BCUT2D eigenvalue weighted by Gasteiger charge is 2.31. The molecule has 0 aliphatic carbocycles. The maximum atomic E-state index is 12.3. The Bertz CT molecular complexity index is 820. The number of non-ortho nitro benzene ring substituents is 1. The number of thiocarbonyl (C=S) groups is 1. The van der Waals surface area contributed by atoms with E-state index in [9.17, 15) is 19.7 Å². The Labute approximate surface area is 163 Å². The van der Waals surface area contributed by atoms with E-state index in [4.69, 9.17) is 28.9 Å². The summed E-state index contributed by atoms with van der Waals surface area (Å²) in [5.74, 6) is -1.25. The Hall–Kier alpha value is -2.23. The van der Waals surface area contributed by atoms with Crippen molar-refractivity contribution < 1.29 is 19.6 Å². The summed E-state index contributed by atoms with van der Waals surface area (Å²) in [4.78, 5) is 34.7. The molecule has 0 radical (unpaired) electrons. The summed E-state index contributed by atoms with van der Waals surface area (Å²) in [6, 6.07) is 5.81. The third-order valence-corrected chi connectivity index (χ3v) is 4.92. The van der Waals surface area contributed by atoms with E-state index in [0.29, 0.717) is 21.2 Å². The monoisotopic (exact) mass is 412 g/mol. The van der Waals surface area contributed by atoms with E-state index in [1.54, 1.807) is 18.2 Å². The lowest BCUT2D eigenvalue weighted by Crippen LogP contribution is -2.29. The Kier molecular flexibility index (Phi) is 6.90. The predicted octanol–water partition coefficient (Wildman–Crippen LogP) is 3.78. The molecule has 1 aromatic rings. The van der Waals surface area contributed by atoms with Crippen LogP contribution in [0.15, 0.2) is 40.3 Å². The molecule has 1 fully saturated rings. The Morgan fingerprint density at radius 1 is 1.38 bits per heavy atom. The number of amides is 1. The summed E-state index contributed by atoms with van der Waals surface area (Å²) in [7, 11) is 0. The number of halogens is 1. The second-order valence-electron chi connectivity index (χ2n) is 5.21. The molecular formula is C16H13ClN2O5S2. The molecule has 136 valence electrons. The van der Waals surface area contributed by atoms with Gasteiger partial charge in [-0.2, -0.15) is 0 Å². The lowest BCUT2D eigenvalue weighted by molar-refractivity contribution is -0.384. The molecule has 0 saturated carbocycles. The predicted molar refractivity (Wildman–Crippen MR) is 104 cm³/mol. The van der Waals surface area contributed by atoms with Crippen LogP contribution < -0.4 is 0 Å². The fourth-order valence-corrected chi connectivity index (χ4v) is 3.70. The van der Waals surface area contributed by atoms with E-state index in [2.05, 4.69) is 0 Å². The van der Waals surface area contributed by atoms with Gasteiger partial charge in [0.05, 0.1) is 9.83 Å². The summed E-state index contributed by atoms with van der Waals surface area (Å²) < 4.78 is 0.353. The number of carboxylic acids is 1. The number of rotatable bonds is 7. The zero-order valence-electron chi connectivity index (χ0n) is 13.3. The minimum Gasteiger partial charge on any atom is -0.481 e. The van der Waals surface area contributed by atoms with Crippen molar-refractivity contribution in [1.29, 1.82) is 0 Å². The number of allylic oxidation sites excluding steroid dienone is 2. The SMILES string of the molecule is O=C(O)CCCN1C(=O)/C(=C\C(Cl)=C/c2ccc([N+](=O)[O-])cc2)SC1=S. The number of hydrogen-bond acceptors (Lipinski definition) is 6. The fourth-order valence-electron chi connectivity index (χ4n) is 2.10. The van der Waals surface area contributed by atoms with Crippen molar-refractivity contribution in [2.24, 2.45) is 0 Å². The number of carbonyl (C=O) groups excluding carboxylic acids is 1. The highest BCUT2D eigenvalue weighted by atomic mass is 35.5. The fraction of sp³-hybridized carbons (Fsp3) is 0.188. The molecule has 0 aromatic heterocycles. The van der Waals surface area contributed by atoms with Gasteiger partial charge in [0.1, 0.15) is 4.32 Å². The van der Waals surface area contributed by atoms with Crippen molar-refractivity contribution in [2.45, 2.75) is 12.8 Å². The van der Waals surface area contributed by atoms with Crippen LogP contribution >= 0.6 is 35.6 Å². The molecule has 1 aliphatic rings. The number of aliphatic carboxylic acids is 1. The standard InChI is InChI=1S/C16H13ClN2O5S2/c17-11(8-10-3-5-12(6-4-10)19(23)24)9-13-15(22)18(16(25)26-13)7-1-2-14(20)21/h3-6,8-9H,1-2,7H2,(H,20,21)/b11-8+,13-9+. The van der Waals surface area contributed by atoms with Crippen LogP contribution in [0, 0.1) is 10.1 Å². The van der Waals surface area contributed by atoms with E-state index in [-0.39, 0.29) is 29.6 Å². The molecule has 0 unspecified atom stereocenters. The molecule has 26 heavy (non-hydrogen) atoms. The highest BCUT2D eigenvalue weighted by molar-refractivity contribution is 8.26. The molecule has 0 bridgehead atoms. The molecule has 2 rings (SSSR count). The van der Waals surface area contributed by atoms with Gasteiger partial charge in [-0.3, -0.25) is 24.6 Å². The van der Waals surface area contributed by atoms with Gasteiger partial charge >= 0.3 is 5.97 Å². The third-order valence-electron chi connectivity index (χ3n) is 3.32. The molecule has 0 spiro atoms. The van der Waals surface area contributed by atoms with Gasteiger partial charge in [-0.25, -0.2) is 0 Å². The van der Waals surface area contributed by atoms with E-state index >= 15 is 0 Å². The maximum Gasteiger partial charge on any atom is 0.303 e. The quantitative estimate of drug-likeness (QED) is 0.314. The topological polar surface area (TPSA) is 101 Å². The van der Waals surface area contributed by atoms with Gasteiger partial charge in [0.15, 0.2) is 0 Å². The van der Waals surface area contributed by atoms with Crippen LogP contribution in [0.3, 0.4) is 0 Å². The number of thioether (sulfide) groups is 1. The molecule has 1 saturated heterocycles. The smallest absolute Gasteiger partial charge is 0.303 e. The zero-order chi connectivity index (χ0) is 19.3. The normalized spacial score (nSPS) is 16.4. The average Bonchev–Trinajstić information content (AvgIpc) is 2.82. The van der Waals surface area contributed by atoms with Crippen molar-refractivity contribution in [3.63, 3.8) is 0 Å². The minimum absolute atomic E-state index is 0.0273. The molecule has 1 N–H and O–H groups in total. The first-order chi connectivity index (χ1) is 12.3. The summed E-state index contributed by atoms with van der Waals surface area (Å²) in [5, 5.41) is 19.6. The number of carbonyl (C=O) groups is 2. The van der Waals surface area contributed by atoms with Crippen LogP contribution in [-0.2, 0) is 9.59 Å². The van der Waals surface area contributed by atoms with Crippen LogP contribution in [0.25, 0.3) is 6.08 Å². The van der Waals surface area contributed by atoms with Gasteiger partial charge in [-0.1, -0.05) is 35.6 Å². The highest BCUT2D eigenvalue weighted by Crippen LogP contribution is 2.33. The van der Waals surface area contributed by atoms with Gasteiger partial charge < -0.3 is 5.11 Å². The summed E-state index contributed by atoms with van der Waals surface area (Å²) >= 11 is 12.4. The molecule has 1 aromatic carbocycles. The van der Waals surface area contributed by atoms with Gasteiger partial charge in [0.2, 0.25) is 0 Å². The van der Waals surface area contributed by atoms with E-state index in [1.807, 2.05) is 0 Å². The lowest BCUT2D eigenvalue weighted by atomic mass is 10.2. The summed E-state index contributed by atoms with van der Waals surface area (Å²) in [6.07, 6.45) is 3.31. The Morgan fingerprint density at radius 2 is 2.04 bits per heavy atom. The van der Waals surface area contributed by atoms with E-state index < -0.39 is 10.9 Å². The largest absolute Gasteiger partial charge is 0.481 e. The van der Waals surface area contributed by atoms with Crippen LogP contribution in [0.2, 0.25) is 0 Å². The van der Waals surface area contributed by atoms with Crippen LogP contribution in [0.5, 0.6) is 0 Å². The zero-order valence-corrected chi connectivity index (χ0v) is 15.6. The van der Waals surface area contributed by atoms with Gasteiger partial charge in [0, 0.05) is 30.1 Å². The van der Waals surface area contributed by atoms with Crippen molar-refractivity contribution in [3.05, 3.63) is 56.0 Å². The Balaban J connectivity index is 2.08. The van der Waals surface area contributed by atoms with Crippen molar-refractivity contribution >= 4 is 63.5 Å². The number of nitro groups is 1. The van der Waals surface area contributed by atoms with Gasteiger partial charge in [0.25, 0.3) is 11.6 Å². The van der Waals surface area contributed by atoms with E-state index in [1.165, 1.54) is 23.1 Å². The number of hydrogen-bond donors (Lipinski definition) is 1. The van der Waals surface area contributed by atoms with Crippen molar-refractivity contribution in [3.8, 4) is 0 Å². The van der Waals surface area contributed by atoms with E-state index in [0.717, 1.165) is 11.8 Å². The first kappa shape index (κ1) is 20.1. The molecule has 10 heteroatoms. The minimum atomic E-state index is -0.931. The summed E-state index contributed by atoms with van der Waals surface area (Å²) in [5.41, 5.74) is 0.620. The summed E-state index contributed by atoms with van der Waals surface area (Å²) in [6.45, 7) is 0.234. The second-order valence-corrected chi connectivity index (χ2v) is 7.32. The first-order valence-electron chi connectivity index (χ1n) is 7.37. The maximum absolute atomic E-state index is 12.3. The number of nitrogens with zero attached hydrogens (tertiary/aromatic N) is 2. The number of carboxylic acid groups (broad SMARTS) is 1. The van der Waals surface area contributed by atoms with Crippen molar-refractivity contribution in [1.82, 2.24) is 4.90 Å². The number of nitro benzene ring substituents is 1.